The highest BCUT2D eigenvalue weighted by Crippen LogP contribution is 2.26. The van der Waals surface area contributed by atoms with Crippen molar-refractivity contribution >= 4 is 23.1 Å². The average Bonchev–Trinajstić information content (AvgIpc) is 3.01. The Hall–Kier alpha value is -1.36. The maximum absolute atomic E-state index is 11.7. The maximum Gasteiger partial charge on any atom is 0.288 e. The molecule has 86 valence electrons. The normalized spacial score (nSPS) is 14.9. The quantitative estimate of drug-likeness (QED) is 0.856. The van der Waals surface area contributed by atoms with E-state index in [9.17, 15) is 9.59 Å². The fourth-order valence-corrected chi connectivity index (χ4v) is 1.54. The summed E-state index contributed by atoms with van der Waals surface area (Å²) in [7, 11) is 0. The zero-order chi connectivity index (χ0) is 11.7. The Balaban J connectivity index is 2.27. The van der Waals surface area contributed by atoms with Crippen LogP contribution in [0.2, 0.25) is 5.02 Å². The molecule has 6 heteroatoms. The molecule has 1 heterocycles. The molecule has 5 nitrogen and oxygen atoms in total. The molecule has 0 bridgehead atoms. The Labute approximate surface area is 97.4 Å². The predicted octanol–water partition coefficient (Wildman–Crippen LogP) is 1.06. The van der Waals surface area contributed by atoms with Crippen molar-refractivity contribution in [3.05, 3.63) is 21.6 Å². The second-order valence-electron chi connectivity index (χ2n) is 3.96. The number of rotatable bonds is 4. The number of ketones is 1. The Bertz CT molecular complexity index is 479. The molecule has 0 atom stereocenters. The van der Waals surface area contributed by atoms with Crippen LogP contribution in [0.1, 0.15) is 19.8 Å². The second kappa shape index (κ2) is 4.25. The maximum atomic E-state index is 11.7. The number of nitrogens with zero attached hydrogens (tertiary/aromatic N) is 2. The fraction of sp³-hybridized carbons (Fsp3) is 0.500. The molecule has 0 aliphatic heterocycles. The lowest BCUT2D eigenvalue weighted by molar-refractivity contribution is -0.117. The topological polar surface area (TPSA) is 64.0 Å². The summed E-state index contributed by atoms with van der Waals surface area (Å²) < 4.78 is 1.07. The third-order valence-corrected chi connectivity index (χ3v) is 2.66. The van der Waals surface area contributed by atoms with Gasteiger partial charge in [0.25, 0.3) is 5.56 Å². The number of halogens is 1. The molecule has 16 heavy (non-hydrogen) atoms. The van der Waals surface area contributed by atoms with Crippen LogP contribution in [0, 0.1) is 0 Å². The summed E-state index contributed by atoms with van der Waals surface area (Å²) in [5.41, 5.74) is 0.122. The van der Waals surface area contributed by atoms with Gasteiger partial charge in [-0.25, -0.2) is 4.68 Å². The zero-order valence-electron chi connectivity index (χ0n) is 8.86. The van der Waals surface area contributed by atoms with E-state index < -0.39 is 5.56 Å². The van der Waals surface area contributed by atoms with Crippen molar-refractivity contribution in [3.63, 3.8) is 0 Å². The minimum absolute atomic E-state index is 0.0394. The number of carbonyl (C=O) groups excluding carboxylic acids is 1. The van der Waals surface area contributed by atoms with Crippen LogP contribution in [-0.4, -0.2) is 21.6 Å². The average molecular weight is 242 g/mol. The number of aromatic nitrogens is 2. The van der Waals surface area contributed by atoms with Crippen molar-refractivity contribution in [2.45, 2.75) is 32.4 Å². The molecule has 0 unspecified atom stereocenters. The third kappa shape index (κ3) is 2.41. The van der Waals surface area contributed by atoms with Gasteiger partial charge in [-0.1, -0.05) is 11.6 Å². The molecular weight excluding hydrogens is 230 g/mol. The van der Waals surface area contributed by atoms with E-state index in [1.165, 1.54) is 13.1 Å². The molecule has 1 saturated carbocycles. The molecule has 1 N–H and O–H groups in total. The highest BCUT2D eigenvalue weighted by Gasteiger charge is 2.22. The highest BCUT2D eigenvalue weighted by atomic mass is 35.5. The lowest BCUT2D eigenvalue weighted by Crippen LogP contribution is -2.27. The zero-order valence-corrected chi connectivity index (χ0v) is 9.62. The van der Waals surface area contributed by atoms with Crippen molar-refractivity contribution in [1.82, 2.24) is 9.78 Å². The lowest BCUT2D eigenvalue weighted by Gasteiger charge is -2.08. The summed E-state index contributed by atoms with van der Waals surface area (Å²) in [6.07, 6.45) is 3.67. The van der Waals surface area contributed by atoms with E-state index in [2.05, 4.69) is 10.4 Å². The van der Waals surface area contributed by atoms with Gasteiger partial charge in [0.1, 0.15) is 11.6 Å². The van der Waals surface area contributed by atoms with Gasteiger partial charge in [-0.3, -0.25) is 9.59 Å². The Morgan fingerprint density at radius 2 is 2.38 bits per heavy atom. The monoisotopic (exact) mass is 241 g/mol. The molecule has 0 amide bonds. The first-order chi connectivity index (χ1) is 7.58. The van der Waals surface area contributed by atoms with Gasteiger partial charge in [-0.05, 0) is 19.8 Å². The fourth-order valence-electron chi connectivity index (χ4n) is 1.34. The minimum Gasteiger partial charge on any atom is -0.380 e. The largest absolute Gasteiger partial charge is 0.380 e. The van der Waals surface area contributed by atoms with E-state index in [0.29, 0.717) is 11.7 Å². The summed E-state index contributed by atoms with van der Waals surface area (Å²) in [6, 6.07) is 0.405. The molecule has 1 aromatic rings. The van der Waals surface area contributed by atoms with Gasteiger partial charge in [-0.15, -0.1) is 0 Å². The van der Waals surface area contributed by atoms with Crippen molar-refractivity contribution < 1.29 is 4.79 Å². The number of Topliss-reactive ketones (excluding diaryl/α,β-unsaturated/α-hetero) is 1. The molecular formula is C10H12ClN3O2. The van der Waals surface area contributed by atoms with Gasteiger partial charge in [0.15, 0.2) is 5.78 Å². The minimum atomic E-state index is -0.428. The first kappa shape index (κ1) is 11.1. The van der Waals surface area contributed by atoms with Gasteiger partial charge >= 0.3 is 0 Å². The lowest BCUT2D eigenvalue weighted by atomic mass is 10.4. The SMILES string of the molecule is CC(=O)Cn1ncc(NC2CC2)c(Cl)c1=O. The molecule has 1 fully saturated rings. The molecule has 0 saturated heterocycles. The van der Waals surface area contributed by atoms with Crippen LogP contribution in [0.3, 0.4) is 0 Å². The van der Waals surface area contributed by atoms with Crippen LogP contribution in [0.4, 0.5) is 5.69 Å². The number of carbonyl (C=O) groups is 1. The van der Waals surface area contributed by atoms with E-state index >= 15 is 0 Å². The van der Waals surface area contributed by atoms with Gasteiger partial charge in [0.05, 0.1) is 11.9 Å². The first-order valence-corrected chi connectivity index (χ1v) is 5.47. The highest BCUT2D eigenvalue weighted by molar-refractivity contribution is 6.32. The summed E-state index contributed by atoms with van der Waals surface area (Å²) >= 11 is 5.91. The van der Waals surface area contributed by atoms with E-state index in [1.54, 1.807) is 0 Å². The molecule has 1 aliphatic carbocycles. The van der Waals surface area contributed by atoms with E-state index in [-0.39, 0.29) is 17.4 Å². The van der Waals surface area contributed by atoms with Crippen LogP contribution in [0.15, 0.2) is 11.0 Å². The molecule has 1 aliphatic rings. The summed E-state index contributed by atoms with van der Waals surface area (Å²) in [4.78, 5) is 22.6. The predicted molar refractivity (Wildman–Crippen MR) is 60.8 cm³/mol. The van der Waals surface area contributed by atoms with Crippen molar-refractivity contribution in [3.8, 4) is 0 Å². The third-order valence-electron chi connectivity index (χ3n) is 2.29. The molecule has 1 aromatic heterocycles. The van der Waals surface area contributed by atoms with E-state index in [4.69, 9.17) is 11.6 Å². The van der Waals surface area contributed by atoms with Crippen molar-refractivity contribution in [1.29, 1.82) is 0 Å². The van der Waals surface area contributed by atoms with Gasteiger partial charge in [0, 0.05) is 6.04 Å². The van der Waals surface area contributed by atoms with Crippen LogP contribution in [-0.2, 0) is 11.3 Å². The van der Waals surface area contributed by atoms with E-state index in [0.717, 1.165) is 17.5 Å². The van der Waals surface area contributed by atoms with Crippen LogP contribution in [0.25, 0.3) is 0 Å². The number of hydrogen-bond donors (Lipinski definition) is 1. The van der Waals surface area contributed by atoms with Crippen LogP contribution < -0.4 is 10.9 Å². The van der Waals surface area contributed by atoms with Crippen molar-refractivity contribution in [2.24, 2.45) is 0 Å². The summed E-state index contributed by atoms with van der Waals surface area (Å²) in [5.74, 6) is -0.131. The van der Waals surface area contributed by atoms with Crippen LogP contribution in [0.5, 0.6) is 0 Å². The number of hydrogen-bond acceptors (Lipinski definition) is 4. The van der Waals surface area contributed by atoms with Gasteiger partial charge < -0.3 is 5.32 Å². The molecule has 0 radical (unpaired) electrons. The first-order valence-electron chi connectivity index (χ1n) is 5.09. The van der Waals surface area contributed by atoms with Gasteiger partial charge in [0.2, 0.25) is 0 Å². The Morgan fingerprint density at radius 1 is 1.69 bits per heavy atom. The van der Waals surface area contributed by atoms with E-state index in [1.807, 2.05) is 0 Å². The molecule has 0 spiro atoms. The smallest absolute Gasteiger partial charge is 0.288 e. The molecule has 2 rings (SSSR count). The Kier molecular flexibility index (Phi) is 2.96. The summed E-state index contributed by atoms with van der Waals surface area (Å²) in [6.45, 7) is 1.36. The second-order valence-corrected chi connectivity index (χ2v) is 4.33. The molecule has 0 aromatic carbocycles. The van der Waals surface area contributed by atoms with Crippen molar-refractivity contribution in [2.75, 3.05) is 5.32 Å². The van der Waals surface area contributed by atoms with Crippen LogP contribution >= 0.6 is 11.6 Å². The van der Waals surface area contributed by atoms with Gasteiger partial charge in [-0.2, -0.15) is 5.10 Å². The standard InChI is InChI=1S/C10H12ClN3O2/c1-6(15)5-14-10(16)9(11)8(4-12-14)13-7-2-3-7/h4,7,13H,2-3,5H2,1H3. The number of nitrogens with one attached hydrogen (secondary N) is 1. The number of anilines is 1. The summed E-state index contributed by atoms with van der Waals surface area (Å²) in [5, 5.41) is 7.11. The Morgan fingerprint density at radius 3 is 2.94 bits per heavy atom.